The van der Waals surface area contributed by atoms with E-state index in [2.05, 4.69) is 15.3 Å². The van der Waals surface area contributed by atoms with Crippen molar-refractivity contribution in [2.45, 2.75) is 30.9 Å². The van der Waals surface area contributed by atoms with Gasteiger partial charge in [0.05, 0.1) is 44.5 Å². The van der Waals surface area contributed by atoms with E-state index in [0.717, 1.165) is 18.4 Å². The van der Waals surface area contributed by atoms with Crippen LogP contribution in [0, 0.1) is 11.8 Å². The molecule has 1 amide bonds. The van der Waals surface area contributed by atoms with Crippen molar-refractivity contribution in [2.24, 2.45) is 11.8 Å². The summed E-state index contributed by atoms with van der Waals surface area (Å²) in [5.74, 6) is 1.02. The molecule has 0 saturated heterocycles. The molecule has 3 atom stereocenters. The summed E-state index contributed by atoms with van der Waals surface area (Å²) in [4.78, 5) is 33.9. The van der Waals surface area contributed by atoms with E-state index < -0.39 is 0 Å². The number of nitrogens with zero attached hydrogens (tertiary/aromatic N) is 2. The number of methoxy groups -OCH3 is 3. The lowest BCUT2D eigenvalue weighted by Crippen LogP contribution is -2.40. The average molecular weight is 474 g/mol. The lowest BCUT2D eigenvalue weighted by atomic mass is 9.78. The number of amides is 1. The number of carbonyl (C=O) groups excluding carboxylic acids is 2. The molecule has 8 nitrogen and oxygen atoms in total. The summed E-state index contributed by atoms with van der Waals surface area (Å²) in [7, 11) is 4.49. The second kappa shape index (κ2) is 12.4. The Hall–Kier alpha value is -2.81. The molecular formula is C24H31N3O5S. The number of thioether (sulfide) groups is 1. The Morgan fingerprint density at radius 2 is 1.67 bits per heavy atom. The molecule has 0 spiro atoms. The summed E-state index contributed by atoms with van der Waals surface area (Å²) in [6.07, 6.45) is 3.31. The molecule has 1 fully saturated rings. The topological polar surface area (TPSA) is 99.6 Å². The van der Waals surface area contributed by atoms with E-state index in [-0.39, 0.29) is 29.0 Å². The van der Waals surface area contributed by atoms with Crippen LogP contribution in [-0.4, -0.2) is 55.5 Å². The van der Waals surface area contributed by atoms with Crippen molar-refractivity contribution in [3.8, 4) is 11.8 Å². The number of hydrogen-bond donors (Lipinski definition) is 1. The summed E-state index contributed by atoms with van der Waals surface area (Å²) >= 11 is 1.62. The lowest BCUT2D eigenvalue weighted by molar-refractivity contribution is -0.152. The highest BCUT2D eigenvalue weighted by molar-refractivity contribution is 7.99. The molecule has 0 radical (unpaired) electrons. The minimum absolute atomic E-state index is 0.0822. The van der Waals surface area contributed by atoms with E-state index in [9.17, 15) is 9.59 Å². The SMILES string of the molecule is COC(=O)[C@@H]1CCCC[C@H]1C(=O)NCCS[C@@H](c1ccccc1)c1nc(OC)cc(OC)n1. The van der Waals surface area contributed by atoms with Crippen molar-refractivity contribution in [3.05, 3.63) is 47.8 Å². The number of esters is 1. The van der Waals surface area contributed by atoms with Gasteiger partial charge in [0.15, 0.2) is 5.82 Å². The number of carbonyl (C=O) groups is 2. The summed E-state index contributed by atoms with van der Waals surface area (Å²) in [5.41, 5.74) is 1.04. The van der Waals surface area contributed by atoms with Gasteiger partial charge in [-0.15, -0.1) is 11.8 Å². The largest absolute Gasteiger partial charge is 0.481 e. The maximum absolute atomic E-state index is 12.8. The fourth-order valence-corrected chi connectivity index (χ4v) is 5.11. The molecule has 2 aromatic rings. The minimum Gasteiger partial charge on any atom is -0.481 e. The summed E-state index contributed by atoms with van der Waals surface area (Å²) < 4.78 is 15.5. The third-order valence-electron chi connectivity index (χ3n) is 5.74. The van der Waals surface area contributed by atoms with Crippen LogP contribution in [0.5, 0.6) is 11.8 Å². The van der Waals surface area contributed by atoms with Gasteiger partial charge in [0.2, 0.25) is 17.7 Å². The van der Waals surface area contributed by atoms with Crippen molar-refractivity contribution < 1.29 is 23.8 Å². The predicted octanol–water partition coefficient (Wildman–Crippen LogP) is 3.41. The Morgan fingerprint density at radius 1 is 1.03 bits per heavy atom. The van der Waals surface area contributed by atoms with E-state index in [1.807, 2.05) is 30.3 Å². The molecule has 1 N–H and O–H groups in total. The Labute approximate surface area is 198 Å². The van der Waals surface area contributed by atoms with Gasteiger partial charge in [0, 0.05) is 12.3 Å². The zero-order chi connectivity index (χ0) is 23.6. The van der Waals surface area contributed by atoms with Gasteiger partial charge in [-0.1, -0.05) is 43.2 Å². The minimum atomic E-state index is -0.355. The summed E-state index contributed by atoms with van der Waals surface area (Å²) in [6.45, 7) is 0.471. The van der Waals surface area contributed by atoms with Gasteiger partial charge in [-0.25, -0.2) is 0 Å². The highest BCUT2D eigenvalue weighted by Gasteiger charge is 2.36. The van der Waals surface area contributed by atoms with Crippen LogP contribution < -0.4 is 14.8 Å². The molecule has 1 saturated carbocycles. The monoisotopic (exact) mass is 473 g/mol. The van der Waals surface area contributed by atoms with Crippen molar-refractivity contribution in [1.29, 1.82) is 0 Å². The van der Waals surface area contributed by atoms with Crippen molar-refractivity contribution >= 4 is 23.6 Å². The van der Waals surface area contributed by atoms with Crippen LogP contribution in [0.3, 0.4) is 0 Å². The van der Waals surface area contributed by atoms with Crippen LogP contribution >= 0.6 is 11.8 Å². The standard InChI is InChI=1S/C24H31N3O5S/c1-30-19-15-20(31-2)27-22(26-19)21(16-9-5-4-6-10-16)33-14-13-25-23(28)17-11-7-8-12-18(17)24(29)32-3/h4-6,9-10,15,17-18,21H,7-8,11-14H2,1-3H3,(H,25,28)/t17-,18-,21+/m1/s1. The number of ether oxygens (including phenoxy) is 3. The fraction of sp³-hybridized carbons (Fsp3) is 0.500. The number of benzene rings is 1. The average Bonchev–Trinajstić information content (AvgIpc) is 2.88. The van der Waals surface area contributed by atoms with Crippen LogP contribution in [0.1, 0.15) is 42.3 Å². The van der Waals surface area contributed by atoms with Crippen molar-refractivity contribution in [1.82, 2.24) is 15.3 Å². The fourth-order valence-electron chi connectivity index (χ4n) is 4.06. The summed E-state index contributed by atoms with van der Waals surface area (Å²) in [5, 5.41) is 2.84. The van der Waals surface area contributed by atoms with Crippen LogP contribution in [0.15, 0.2) is 36.4 Å². The van der Waals surface area contributed by atoms with Gasteiger partial charge in [-0.05, 0) is 18.4 Å². The molecule has 0 unspecified atom stereocenters. The van der Waals surface area contributed by atoms with Gasteiger partial charge in [0.25, 0.3) is 0 Å². The Bertz CT molecular complexity index is 905. The predicted molar refractivity (Wildman–Crippen MR) is 126 cm³/mol. The van der Waals surface area contributed by atoms with Crippen LogP contribution in [-0.2, 0) is 14.3 Å². The first kappa shape index (κ1) is 24.8. The second-order valence-electron chi connectivity index (χ2n) is 7.78. The zero-order valence-electron chi connectivity index (χ0n) is 19.3. The second-order valence-corrected chi connectivity index (χ2v) is 9.00. The van der Waals surface area contributed by atoms with Gasteiger partial charge in [0.1, 0.15) is 0 Å². The Morgan fingerprint density at radius 3 is 2.27 bits per heavy atom. The quantitative estimate of drug-likeness (QED) is 0.414. The van der Waals surface area contributed by atoms with Crippen LogP contribution in [0.25, 0.3) is 0 Å². The molecular weight excluding hydrogens is 442 g/mol. The number of aromatic nitrogens is 2. The molecule has 1 aliphatic rings. The zero-order valence-corrected chi connectivity index (χ0v) is 20.1. The van der Waals surface area contributed by atoms with Gasteiger partial charge < -0.3 is 19.5 Å². The third-order valence-corrected chi connectivity index (χ3v) is 7.00. The molecule has 1 aromatic heterocycles. The smallest absolute Gasteiger partial charge is 0.309 e. The molecule has 33 heavy (non-hydrogen) atoms. The molecule has 1 aromatic carbocycles. The molecule has 0 bridgehead atoms. The maximum atomic E-state index is 12.8. The van der Waals surface area contributed by atoms with Crippen LogP contribution in [0.2, 0.25) is 0 Å². The molecule has 178 valence electrons. The molecule has 3 rings (SSSR count). The first-order chi connectivity index (χ1) is 16.1. The number of nitrogens with one attached hydrogen (secondary N) is 1. The van der Waals surface area contributed by atoms with E-state index in [1.165, 1.54) is 7.11 Å². The first-order valence-corrected chi connectivity index (χ1v) is 12.1. The number of hydrogen-bond acceptors (Lipinski definition) is 8. The van der Waals surface area contributed by atoms with E-state index in [1.54, 1.807) is 32.0 Å². The van der Waals surface area contributed by atoms with Crippen molar-refractivity contribution in [2.75, 3.05) is 33.6 Å². The van der Waals surface area contributed by atoms with Gasteiger partial charge in [-0.3, -0.25) is 9.59 Å². The van der Waals surface area contributed by atoms with Crippen molar-refractivity contribution in [3.63, 3.8) is 0 Å². The number of rotatable bonds is 10. The normalized spacial score (nSPS) is 18.8. The van der Waals surface area contributed by atoms with Gasteiger partial charge >= 0.3 is 5.97 Å². The molecule has 1 heterocycles. The first-order valence-electron chi connectivity index (χ1n) is 11.1. The maximum Gasteiger partial charge on any atom is 0.309 e. The van der Waals surface area contributed by atoms with E-state index in [4.69, 9.17) is 14.2 Å². The molecule has 9 heteroatoms. The third kappa shape index (κ3) is 6.60. The Kier molecular flexibility index (Phi) is 9.35. The molecule has 0 aliphatic heterocycles. The Balaban J connectivity index is 1.66. The van der Waals surface area contributed by atoms with E-state index >= 15 is 0 Å². The highest BCUT2D eigenvalue weighted by atomic mass is 32.2. The highest BCUT2D eigenvalue weighted by Crippen LogP contribution is 2.35. The van der Waals surface area contributed by atoms with E-state index in [0.29, 0.717) is 42.7 Å². The van der Waals surface area contributed by atoms with Crippen LogP contribution in [0.4, 0.5) is 0 Å². The lowest BCUT2D eigenvalue weighted by Gasteiger charge is -2.28. The van der Waals surface area contributed by atoms with Gasteiger partial charge in [-0.2, -0.15) is 9.97 Å². The molecule has 1 aliphatic carbocycles. The summed E-state index contributed by atoms with van der Waals surface area (Å²) in [6, 6.07) is 11.6.